The minimum Gasteiger partial charge on any atom is -1.00 e. The molecule has 4 aromatic rings. The van der Waals surface area contributed by atoms with Gasteiger partial charge in [0.1, 0.15) is 5.52 Å². The summed E-state index contributed by atoms with van der Waals surface area (Å²) in [7, 11) is 0. The summed E-state index contributed by atoms with van der Waals surface area (Å²) >= 11 is 0. The highest BCUT2D eigenvalue weighted by atomic mass is 35.5. The van der Waals surface area contributed by atoms with E-state index in [0.29, 0.717) is 17.4 Å². The highest BCUT2D eigenvalue weighted by molar-refractivity contribution is 5.89. The molecular weight excluding hydrogens is 402 g/mol. The van der Waals surface area contributed by atoms with Crippen molar-refractivity contribution in [3.63, 3.8) is 0 Å². The third-order valence-corrected chi connectivity index (χ3v) is 4.58. The van der Waals surface area contributed by atoms with Crippen molar-refractivity contribution in [3.8, 4) is 0 Å². The van der Waals surface area contributed by atoms with Crippen molar-refractivity contribution in [2.75, 3.05) is 5.32 Å². The standard InChI is InChI=1S/C22H19N5O2.ClH/c1-16-6-8-18(9-7-16)23-21(28)15-26-12-10-17(11-13-26)14-27-22(29)19-4-2-3-5-20(19)24-25-27;/h2-13H,14-15H2,1H3;1H. The molecular formula is C22H20ClN5O2. The summed E-state index contributed by atoms with van der Waals surface area (Å²) in [6.45, 7) is 2.51. The molecule has 4 rings (SSSR count). The summed E-state index contributed by atoms with van der Waals surface area (Å²) in [5.41, 5.74) is 3.21. The fraction of sp³-hybridized carbons (Fsp3) is 0.136. The first kappa shape index (κ1) is 21.1. The highest BCUT2D eigenvalue weighted by Gasteiger charge is 2.11. The molecule has 0 unspecified atom stereocenters. The molecule has 0 radical (unpaired) electrons. The second-order valence-electron chi connectivity index (χ2n) is 6.86. The molecule has 0 aliphatic rings. The number of fused-ring (bicyclic) bond motifs is 1. The van der Waals surface area contributed by atoms with Gasteiger partial charge in [-0.3, -0.25) is 9.59 Å². The molecule has 7 nitrogen and oxygen atoms in total. The lowest BCUT2D eigenvalue weighted by Crippen LogP contribution is -3.00. The zero-order valence-corrected chi connectivity index (χ0v) is 17.1. The van der Waals surface area contributed by atoms with Crippen LogP contribution in [0.5, 0.6) is 0 Å². The van der Waals surface area contributed by atoms with Crippen LogP contribution in [-0.2, 0) is 17.9 Å². The molecule has 0 saturated carbocycles. The molecule has 2 aromatic heterocycles. The summed E-state index contributed by atoms with van der Waals surface area (Å²) in [6.07, 6.45) is 3.62. The molecule has 2 heterocycles. The average molecular weight is 422 g/mol. The van der Waals surface area contributed by atoms with Crippen molar-refractivity contribution in [1.29, 1.82) is 0 Å². The number of benzene rings is 2. The summed E-state index contributed by atoms with van der Waals surface area (Å²) in [5.74, 6) is -0.108. The van der Waals surface area contributed by atoms with Gasteiger partial charge in [0.15, 0.2) is 12.4 Å². The van der Waals surface area contributed by atoms with Crippen LogP contribution in [0.25, 0.3) is 10.9 Å². The van der Waals surface area contributed by atoms with Gasteiger partial charge in [0, 0.05) is 17.8 Å². The number of aromatic nitrogens is 4. The molecule has 152 valence electrons. The van der Waals surface area contributed by atoms with Crippen molar-refractivity contribution in [2.45, 2.75) is 20.0 Å². The van der Waals surface area contributed by atoms with Crippen LogP contribution in [0.3, 0.4) is 0 Å². The summed E-state index contributed by atoms with van der Waals surface area (Å²) in [5, 5.41) is 11.5. The SMILES string of the molecule is Cc1ccc(NC(=O)C[n+]2ccc(Cn3nnc4ccccc4c3=O)cc2)cc1.[Cl-]. The maximum Gasteiger partial charge on any atom is 0.290 e. The van der Waals surface area contributed by atoms with E-state index < -0.39 is 0 Å². The number of amides is 1. The fourth-order valence-corrected chi connectivity index (χ4v) is 3.00. The Labute approximate surface area is 179 Å². The third-order valence-electron chi connectivity index (χ3n) is 4.58. The van der Waals surface area contributed by atoms with Crippen LogP contribution in [0.1, 0.15) is 11.1 Å². The minimum atomic E-state index is -0.176. The second-order valence-corrected chi connectivity index (χ2v) is 6.86. The van der Waals surface area contributed by atoms with Gasteiger partial charge in [-0.15, -0.1) is 5.10 Å². The zero-order chi connectivity index (χ0) is 20.2. The molecule has 0 bridgehead atoms. The zero-order valence-electron chi connectivity index (χ0n) is 16.3. The molecule has 1 N–H and O–H groups in total. The smallest absolute Gasteiger partial charge is 0.290 e. The van der Waals surface area contributed by atoms with Crippen molar-refractivity contribution < 1.29 is 21.8 Å². The number of rotatable bonds is 5. The summed E-state index contributed by atoms with van der Waals surface area (Å²) < 4.78 is 3.12. The molecule has 0 aliphatic carbocycles. The topological polar surface area (TPSA) is 80.8 Å². The van der Waals surface area contributed by atoms with E-state index in [1.165, 1.54) is 4.68 Å². The van der Waals surface area contributed by atoms with Gasteiger partial charge in [0.05, 0.1) is 11.9 Å². The second kappa shape index (κ2) is 9.28. The lowest BCUT2D eigenvalue weighted by atomic mass is 10.2. The Morgan fingerprint density at radius 2 is 1.73 bits per heavy atom. The van der Waals surface area contributed by atoms with Crippen LogP contribution in [0.15, 0.2) is 77.9 Å². The number of hydrogen-bond acceptors (Lipinski definition) is 4. The van der Waals surface area contributed by atoms with E-state index >= 15 is 0 Å². The first-order valence-corrected chi connectivity index (χ1v) is 9.25. The quantitative estimate of drug-likeness (QED) is 0.423. The summed E-state index contributed by atoms with van der Waals surface area (Å²) in [6, 6.07) is 18.5. The predicted octanol–water partition coefficient (Wildman–Crippen LogP) is -0.922. The Morgan fingerprint density at radius 3 is 2.47 bits per heavy atom. The highest BCUT2D eigenvalue weighted by Crippen LogP contribution is 2.08. The Bertz CT molecular complexity index is 1220. The monoisotopic (exact) mass is 421 g/mol. The van der Waals surface area contributed by atoms with E-state index in [4.69, 9.17) is 0 Å². The fourth-order valence-electron chi connectivity index (χ4n) is 3.00. The number of aryl methyl sites for hydroxylation is 1. The third kappa shape index (κ3) is 4.87. The van der Waals surface area contributed by atoms with Gasteiger partial charge in [0.2, 0.25) is 6.54 Å². The van der Waals surface area contributed by atoms with Crippen molar-refractivity contribution in [3.05, 3.63) is 94.5 Å². The number of nitrogens with one attached hydrogen (secondary N) is 1. The Hall–Kier alpha value is -3.58. The number of nitrogens with zero attached hydrogens (tertiary/aromatic N) is 4. The lowest BCUT2D eigenvalue weighted by Gasteiger charge is -2.05. The van der Waals surface area contributed by atoms with Crippen molar-refractivity contribution >= 4 is 22.5 Å². The van der Waals surface area contributed by atoms with Crippen LogP contribution in [0, 0.1) is 6.92 Å². The minimum absolute atomic E-state index is 0. The number of carbonyl (C=O) groups is 1. The molecule has 0 aliphatic heterocycles. The van der Waals surface area contributed by atoms with Crippen LogP contribution in [0.4, 0.5) is 5.69 Å². The maximum absolute atomic E-state index is 12.5. The normalized spacial score (nSPS) is 10.4. The lowest BCUT2D eigenvalue weighted by molar-refractivity contribution is -0.684. The molecule has 0 atom stereocenters. The van der Waals surface area contributed by atoms with Crippen LogP contribution >= 0.6 is 0 Å². The van der Waals surface area contributed by atoms with Gasteiger partial charge in [0.25, 0.3) is 11.5 Å². The molecule has 1 amide bonds. The van der Waals surface area contributed by atoms with E-state index in [2.05, 4.69) is 15.6 Å². The summed E-state index contributed by atoms with van der Waals surface area (Å²) in [4.78, 5) is 24.8. The number of halogens is 1. The molecule has 0 spiro atoms. The number of carbonyl (C=O) groups excluding carboxylic acids is 1. The number of anilines is 1. The number of pyridine rings is 1. The van der Waals surface area contributed by atoms with E-state index in [0.717, 1.165) is 16.8 Å². The van der Waals surface area contributed by atoms with E-state index in [9.17, 15) is 9.59 Å². The molecule has 30 heavy (non-hydrogen) atoms. The van der Waals surface area contributed by atoms with Gasteiger partial charge in [-0.05, 0) is 36.8 Å². The van der Waals surface area contributed by atoms with Gasteiger partial charge in [-0.25, -0.2) is 4.68 Å². The largest absolute Gasteiger partial charge is 1.00 e. The molecule has 0 fully saturated rings. The van der Waals surface area contributed by atoms with Gasteiger partial charge in [-0.2, -0.15) is 4.57 Å². The molecule has 8 heteroatoms. The van der Waals surface area contributed by atoms with Crippen LogP contribution in [-0.4, -0.2) is 20.9 Å². The Morgan fingerprint density at radius 1 is 1.03 bits per heavy atom. The van der Waals surface area contributed by atoms with Crippen molar-refractivity contribution in [2.24, 2.45) is 0 Å². The molecule has 2 aromatic carbocycles. The molecule has 0 saturated heterocycles. The van der Waals surface area contributed by atoms with Gasteiger partial charge in [-0.1, -0.05) is 35.0 Å². The van der Waals surface area contributed by atoms with E-state index in [-0.39, 0.29) is 30.4 Å². The van der Waals surface area contributed by atoms with Crippen LogP contribution < -0.4 is 27.9 Å². The number of hydrogen-bond donors (Lipinski definition) is 1. The predicted molar refractivity (Wildman–Crippen MR) is 109 cm³/mol. The Balaban J connectivity index is 0.00000256. The van der Waals surface area contributed by atoms with Crippen molar-refractivity contribution in [1.82, 2.24) is 15.0 Å². The van der Waals surface area contributed by atoms with E-state index in [1.54, 1.807) is 16.7 Å². The first-order valence-electron chi connectivity index (χ1n) is 9.25. The Kier molecular flexibility index (Phi) is 6.54. The van der Waals surface area contributed by atoms with E-state index in [1.807, 2.05) is 67.8 Å². The van der Waals surface area contributed by atoms with Crippen LogP contribution in [0.2, 0.25) is 0 Å². The van der Waals surface area contributed by atoms with Gasteiger partial charge >= 0.3 is 0 Å². The maximum atomic E-state index is 12.5. The first-order chi connectivity index (χ1) is 14.1. The van der Waals surface area contributed by atoms with Gasteiger partial charge < -0.3 is 17.7 Å². The average Bonchev–Trinajstić information content (AvgIpc) is 2.73.